The van der Waals surface area contributed by atoms with Crippen LogP contribution in [0.15, 0.2) is 53.9 Å². The van der Waals surface area contributed by atoms with E-state index in [4.69, 9.17) is 15.2 Å². The Morgan fingerprint density at radius 1 is 1.10 bits per heavy atom. The molecule has 0 radical (unpaired) electrons. The van der Waals surface area contributed by atoms with Crippen molar-refractivity contribution in [1.82, 2.24) is 19.9 Å². The maximum absolute atomic E-state index is 5.97. The lowest BCUT2D eigenvalue weighted by Gasteiger charge is -2.10. The first-order valence-corrected chi connectivity index (χ1v) is 8.80. The second-order valence-corrected chi connectivity index (χ2v) is 6.11. The second kappa shape index (κ2) is 10.6. The Hall–Kier alpha value is -2.82. The van der Waals surface area contributed by atoms with Crippen LogP contribution in [0, 0.1) is 6.92 Å². The highest BCUT2D eigenvalue weighted by molar-refractivity contribution is 14.0. The first-order valence-electron chi connectivity index (χ1n) is 8.80. The van der Waals surface area contributed by atoms with Crippen LogP contribution in [0.4, 0.5) is 0 Å². The van der Waals surface area contributed by atoms with Gasteiger partial charge in [0.25, 0.3) is 0 Å². The molecule has 0 amide bonds. The first kappa shape index (κ1) is 22.5. The van der Waals surface area contributed by atoms with Crippen LogP contribution in [0.5, 0.6) is 11.5 Å². The summed E-state index contributed by atoms with van der Waals surface area (Å²) in [7, 11) is 3.22. The summed E-state index contributed by atoms with van der Waals surface area (Å²) in [6.45, 7) is 2.92. The molecule has 3 rings (SSSR count). The number of hydrogen-bond acceptors (Lipinski definition) is 5. The van der Waals surface area contributed by atoms with Crippen molar-refractivity contribution in [2.75, 3.05) is 14.2 Å². The van der Waals surface area contributed by atoms with Crippen molar-refractivity contribution >= 4 is 29.9 Å². The minimum Gasteiger partial charge on any atom is -0.493 e. The van der Waals surface area contributed by atoms with E-state index in [9.17, 15) is 0 Å². The second-order valence-electron chi connectivity index (χ2n) is 6.11. The van der Waals surface area contributed by atoms with Gasteiger partial charge in [0.1, 0.15) is 11.6 Å². The van der Waals surface area contributed by atoms with Gasteiger partial charge in [-0.25, -0.2) is 15.0 Å². The first-order chi connectivity index (χ1) is 13.6. The molecule has 0 fully saturated rings. The van der Waals surface area contributed by atoms with Crippen molar-refractivity contribution in [1.29, 1.82) is 0 Å². The number of aryl methyl sites for hydroxylation is 1. The molecule has 2 aromatic heterocycles. The minimum absolute atomic E-state index is 0. The summed E-state index contributed by atoms with van der Waals surface area (Å²) < 4.78 is 12.5. The van der Waals surface area contributed by atoms with E-state index in [0.717, 1.165) is 22.8 Å². The van der Waals surface area contributed by atoms with E-state index in [1.54, 1.807) is 26.6 Å². The molecule has 0 aliphatic rings. The van der Waals surface area contributed by atoms with E-state index in [1.807, 2.05) is 48.0 Å². The molecule has 9 heteroatoms. The van der Waals surface area contributed by atoms with E-state index in [2.05, 4.69) is 20.3 Å². The normalized spacial score (nSPS) is 10.9. The van der Waals surface area contributed by atoms with Crippen LogP contribution in [-0.4, -0.2) is 34.7 Å². The molecule has 2 heterocycles. The highest BCUT2D eigenvalue weighted by Gasteiger charge is 2.05. The fraction of sp³-hybridized carbons (Fsp3) is 0.250. The molecule has 154 valence electrons. The van der Waals surface area contributed by atoms with Crippen LogP contribution >= 0.6 is 24.0 Å². The number of guanidine groups is 1. The summed E-state index contributed by atoms with van der Waals surface area (Å²) in [5.74, 6) is 3.44. The molecule has 0 saturated carbocycles. The van der Waals surface area contributed by atoms with Gasteiger partial charge >= 0.3 is 0 Å². The Balaban J connectivity index is 0.00000300. The Morgan fingerprint density at radius 3 is 2.48 bits per heavy atom. The van der Waals surface area contributed by atoms with Gasteiger partial charge in [-0.05, 0) is 36.2 Å². The lowest BCUT2D eigenvalue weighted by atomic mass is 10.2. The smallest absolute Gasteiger partial charge is 0.189 e. The molecule has 1 aromatic carbocycles. The highest BCUT2D eigenvalue weighted by atomic mass is 127. The zero-order valence-corrected chi connectivity index (χ0v) is 19.0. The van der Waals surface area contributed by atoms with Crippen molar-refractivity contribution in [3.8, 4) is 17.3 Å². The van der Waals surface area contributed by atoms with Crippen molar-refractivity contribution in [3.63, 3.8) is 0 Å². The molecular weight excluding hydrogens is 483 g/mol. The number of aliphatic imine (C=N–C) groups is 1. The van der Waals surface area contributed by atoms with E-state index in [0.29, 0.717) is 30.5 Å². The number of ether oxygens (including phenoxy) is 2. The molecular formula is C20H25IN6O2. The maximum atomic E-state index is 5.97. The minimum atomic E-state index is 0. The molecule has 0 aliphatic carbocycles. The molecule has 0 saturated heterocycles. The number of methoxy groups -OCH3 is 2. The molecule has 0 unspecified atom stereocenters. The zero-order valence-electron chi connectivity index (χ0n) is 16.6. The number of aromatic nitrogens is 3. The van der Waals surface area contributed by atoms with Gasteiger partial charge in [-0.3, -0.25) is 4.57 Å². The van der Waals surface area contributed by atoms with Gasteiger partial charge in [-0.2, -0.15) is 0 Å². The fourth-order valence-corrected chi connectivity index (χ4v) is 2.69. The average molecular weight is 508 g/mol. The van der Waals surface area contributed by atoms with Gasteiger partial charge in [0.05, 0.1) is 20.8 Å². The van der Waals surface area contributed by atoms with Gasteiger partial charge < -0.3 is 20.5 Å². The lowest BCUT2D eigenvalue weighted by Crippen LogP contribution is -2.31. The predicted molar refractivity (Wildman–Crippen MR) is 123 cm³/mol. The topological polar surface area (TPSA) is 99.6 Å². The number of pyridine rings is 1. The SMILES string of the molecule is COc1ccc(CNC(N)=NCc2ccc(-n3ccnc3C)nc2)cc1OC.I. The number of hydrogen-bond donors (Lipinski definition) is 2. The zero-order chi connectivity index (χ0) is 19.9. The molecule has 0 atom stereocenters. The van der Waals surface area contributed by atoms with E-state index in [1.165, 1.54) is 0 Å². The van der Waals surface area contributed by atoms with E-state index in [-0.39, 0.29) is 24.0 Å². The molecule has 3 N–H and O–H groups in total. The molecule has 0 aliphatic heterocycles. The Kier molecular flexibility index (Phi) is 8.25. The van der Waals surface area contributed by atoms with Crippen LogP contribution in [0.3, 0.4) is 0 Å². The summed E-state index contributed by atoms with van der Waals surface area (Å²) in [5.41, 5.74) is 7.95. The third-order valence-corrected chi connectivity index (χ3v) is 4.24. The Morgan fingerprint density at radius 2 is 1.86 bits per heavy atom. The van der Waals surface area contributed by atoms with Gasteiger partial charge in [0, 0.05) is 25.1 Å². The maximum Gasteiger partial charge on any atom is 0.189 e. The predicted octanol–water partition coefficient (Wildman–Crippen LogP) is 2.82. The number of benzene rings is 1. The van der Waals surface area contributed by atoms with Gasteiger partial charge in [0.15, 0.2) is 17.5 Å². The lowest BCUT2D eigenvalue weighted by molar-refractivity contribution is 0.354. The molecule has 3 aromatic rings. The van der Waals surface area contributed by atoms with Crippen molar-refractivity contribution < 1.29 is 9.47 Å². The highest BCUT2D eigenvalue weighted by Crippen LogP contribution is 2.27. The van der Waals surface area contributed by atoms with Crippen molar-refractivity contribution in [2.24, 2.45) is 10.7 Å². The van der Waals surface area contributed by atoms with Crippen LogP contribution in [0.25, 0.3) is 5.82 Å². The van der Waals surface area contributed by atoms with Gasteiger partial charge in [-0.15, -0.1) is 24.0 Å². The summed E-state index contributed by atoms with van der Waals surface area (Å²) in [6, 6.07) is 9.63. The fourth-order valence-electron chi connectivity index (χ4n) is 2.69. The molecule has 8 nitrogen and oxygen atoms in total. The Labute approximate surface area is 187 Å². The van der Waals surface area contributed by atoms with E-state index >= 15 is 0 Å². The summed E-state index contributed by atoms with van der Waals surface area (Å²) in [4.78, 5) is 13.0. The molecule has 0 spiro atoms. The summed E-state index contributed by atoms with van der Waals surface area (Å²) >= 11 is 0. The summed E-state index contributed by atoms with van der Waals surface area (Å²) in [5, 5.41) is 3.10. The number of rotatable bonds is 7. The van der Waals surface area contributed by atoms with Crippen LogP contribution < -0.4 is 20.5 Å². The summed E-state index contributed by atoms with van der Waals surface area (Å²) in [6.07, 6.45) is 5.42. The van der Waals surface area contributed by atoms with Crippen LogP contribution in [0.2, 0.25) is 0 Å². The number of nitrogens with one attached hydrogen (secondary N) is 1. The quantitative estimate of drug-likeness (QED) is 0.289. The molecule has 0 bridgehead atoms. The van der Waals surface area contributed by atoms with Gasteiger partial charge in [-0.1, -0.05) is 12.1 Å². The monoisotopic (exact) mass is 508 g/mol. The number of nitrogens with zero attached hydrogens (tertiary/aromatic N) is 4. The third-order valence-electron chi connectivity index (χ3n) is 4.24. The van der Waals surface area contributed by atoms with Crippen LogP contribution in [-0.2, 0) is 13.1 Å². The largest absolute Gasteiger partial charge is 0.493 e. The Bertz CT molecular complexity index is 956. The number of imidazole rings is 1. The average Bonchev–Trinajstić information content (AvgIpc) is 3.16. The third kappa shape index (κ3) is 5.83. The number of halogens is 1. The number of nitrogens with two attached hydrogens (primary N) is 1. The standard InChI is InChI=1S/C20H24N6O2.HI/c1-14-22-8-9-26(14)19-7-5-16(12-23-19)13-25-20(21)24-11-15-4-6-17(27-2)18(10-15)28-3;/h4-10,12H,11,13H2,1-3H3,(H3,21,24,25);1H. The van der Waals surface area contributed by atoms with Crippen molar-refractivity contribution in [3.05, 3.63) is 65.9 Å². The molecule has 29 heavy (non-hydrogen) atoms. The van der Waals surface area contributed by atoms with E-state index < -0.39 is 0 Å². The van der Waals surface area contributed by atoms with Gasteiger partial charge in [0.2, 0.25) is 0 Å². The van der Waals surface area contributed by atoms with Crippen molar-refractivity contribution in [2.45, 2.75) is 20.0 Å². The van der Waals surface area contributed by atoms with Crippen LogP contribution in [0.1, 0.15) is 17.0 Å².